The van der Waals surface area contributed by atoms with E-state index in [0.29, 0.717) is 5.56 Å². The van der Waals surface area contributed by atoms with Crippen molar-refractivity contribution in [1.29, 1.82) is 5.41 Å². The van der Waals surface area contributed by atoms with Crippen molar-refractivity contribution in [2.24, 2.45) is 10.7 Å². The smallest absolute Gasteiger partial charge is 0.277 e. The molecular formula is C15H16N4O3. The molecule has 22 heavy (non-hydrogen) atoms. The number of carbonyl (C=O) groups is 2. The standard InChI is InChI=1S/C15H16N4O3/c1-19-14(11(16)6-7-13(17)21)18-12(15(19)22)8-9-2-4-10(20)5-3-9/h2-5,8,16,20H,6-7H2,1H3,(H2,17,21)/b12-8-,16-11?. The second-order valence-electron chi connectivity index (χ2n) is 4.87. The first-order chi connectivity index (χ1) is 10.4. The van der Waals surface area contributed by atoms with Crippen LogP contribution in [-0.2, 0) is 9.59 Å². The van der Waals surface area contributed by atoms with Gasteiger partial charge >= 0.3 is 0 Å². The van der Waals surface area contributed by atoms with E-state index in [1.54, 1.807) is 18.2 Å². The predicted octanol–water partition coefficient (Wildman–Crippen LogP) is 0.889. The Bertz CT molecular complexity index is 689. The van der Waals surface area contributed by atoms with Crippen molar-refractivity contribution in [1.82, 2.24) is 4.90 Å². The zero-order valence-electron chi connectivity index (χ0n) is 12.0. The van der Waals surface area contributed by atoms with Crippen LogP contribution >= 0.6 is 0 Å². The minimum atomic E-state index is -0.503. The Morgan fingerprint density at radius 1 is 1.36 bits per heavy atom. The first kappa shape index (κ1) is 15.4. The molecule has 2 rings (SSSR count). The first-order valence-corrected chi connectivity index (χ1v) is 6.62. The van der Waals surface area contributed by atoms with Crippen LogP contribution in [0.25, 0.3) is 6.08 Å². The van der Waals surface area contributed by atoms with Gasteiger partial charge in [0, 0.05) is 19.9 Å². The number of primary amides is 1. The highest BCUT2D eigenvalue weighted by Gasteiger charge is 2.29. The van der Waals surface area contributed by atoms with Gasteiger partial charge in [-0.05, 0) is 23.8 Å². The van der Waals surface area contributed by atoms with Crippen LogP contribution in [0.4, 0.5) is 0 Å². The molecule has 0 bridgehead atoms. The van der Waals surface area contributed by atoms with E-state index in [-0.39, 0.29) is 41.7 Å². The van der Waals surface area contributed by atoms with Gasteiger partial charge in [0.2, 0.25) is 5.91 Å². The number of hydrogen-bond acceptors (Lipinski definition) is 5. The average Bonchev–Trinajstić information content (AvgIpc) is 2.75. The first-order valence-electron chi connectivity index (χ1n) is 6.62. The SMILES string of the molecule is CN1C(=O)/C(=C/c2ccc(O)cc2)N=C1C(=N)CCC(N)=O. The molecule has 1 aromatic carbocycles. The number of hydrogen-bond donors (Lipinski definition) is 3. The van der Waals surface area contributed by atoms with Crippen molar-refractivity contribution < 1.29 is 14.7 Å². The number of amidine groups is 1. The van der Waals surface area contributed by atoms with Crippen molar-refractivity contribution in [3.63, 3.8) is 0 Å². The monoisotopic (exact) mass is 300 g/mol. The quantitative estimate of drug-likeness (QED) is 0.553. The molecule has 0 radical (unpaired) electrons. The van der Waals surface area contributed by atoms with Gasteiger partial charge in [-0.15, -0.1) is 0 Å². The van der Waals surface area contributed by atoms with Crippen LogP contribution in [-0.4, -0.2) is 40.4 Å². The number of benzene rings is 1. The van der Waals surface area contributed by atoms with E-state index in [1.165, 1.54) is 24.1 Å². The second kappa shape index (κ2) is 6.21. The lowest BCUT2D eigenvalue weighted by atomic mass is 10.2. The van der Waals surface area contributed by atoms with Crippen LogP contribution in [0.3, 0.4) is 0 Å². The lowest BCUT2D eigenvalue weighted by molar-refractivity contribution is -0.121. The van der Waals surface area contributed by atoms with E-state index in [2.05, 4.69) is 4.99 Å². The number of aliphatic imine (C=N–C) groups is 1. The maximum Gasteiger partial charge on any atom is 0.277 e. The molecule has 7 heteroatoms. The van der Waals surface area contributed by atoms with Crippen LogP contribution < -0.4 is 5.73 Å². The van der Waals surface area contributed by atoms with Crippen molar-refractivity contribution in [2.75, 3.05) is 7.05 Å². The lowest BCUT2D eigenvalue weighted by Crippen LogP contribution is -2.33. The molecule has 0 spiro atoms. The highest BCUT2D eigenvalue weighted by atomic mass is 16.3. The molecule has 1 aliphatic rings. The number of likely N-dealkylation sites (N-methyl/N-ethyl adjacent to an activating group) is 1. The molecule has 0 saturated carbocycles. The Morgan fingerprint density at radius 2 is 2.00 bits per heavy atom. The number of carbonyl (C=O) groups excluding carboxylic acids is 2. The van der Waals surface area contributed by atoms with Crippen LogP contribution in [0.2, 0.25) is 0 Å². The minimum absolute atomic E-state index is 0.0386. The Morgan fingerprint density at radius 3 is 2.59 bits per heavy atom. The van der Waals surface area contributed by atoms with Gasteiger partial charge in [-0.1, -0.05) is 12.1 Å². The highest BCUT2D eigenvalue weighted by molar-refractivity contribution is 6.45. The molecule has 1 aliphatic heterocycles. The van der Waals surface area contributed by atoms with Crippen molar-refractivity contribution in [2.45, 2.75) is 12.8 Å². The lowest BCUT2D eigenvalue weighted by Gasteiger charge is -2.11. The third kappa shape index (κ3) is 3.38. The number of nitrogens with zero attached hydrogens (tertiary/aromatic N) is 2. The molecule has 2 amide bonds. The summed E-state index contributed by atoms with van der Waals surface area (Å²) in [6.07, 6.45) is 1.75. The fourth-order valence-corrected chi connectivity index (χ4v) is 1.96. The Hall–Kier alpha value is -2.96. The summed E-state index contributed by atoms with van der Waals surface area (Å²) < 4.78 is 0. The van der Waals surface area contributed by atoms with Crippen molar-refractivity contribution in [3.05, 3.63) is 35.5 Å². The van der Waals surface area contributed by atoms with E-state index in [1.807, 2.05) is 0 Å². The van der Waals surface area contributed by atoms with E-state index in [4.69, 9.17) is 11.1 Å². The summed E-state index contributed by atoms with van der Waals surface area (Å²) in [6, 6.07) is 6.33. The van der Waals surface area contributed by atoms with Gasteiger partial charge in [0.25, 0.3) is 5.91 Å². The molecule has 1 aromatic rings. The molecule has 0 unspecified atom stereocenters. The van der Waals surface area contributed by atoms with E-state index < -0.39 is 5.91 Å². The summed E-state index contributed by atoms with van der Waals surface area (Å²) in [5.41, 5.74) is 6.05. The normalized spacial score (nSPS) is 16.0. The van der Waals surface area contributed by atoms with Crippen LogP contribution in [0.1, 0.15) is 18.4 Å². The van der Waals surface area contributed by atoms with E-state index >= 15 is 0 Å². The van der Waals surface area contributed by atoms with Crippen LogP contribution in [0.5, 0.6) is 5.75 Å². The summed E-state index contributed by atoms with van der Waals surface area (Å²) >= 11 is 0. The van der Waals surface area contributed by atoms with Gasteiger partial charge in [-0.25, -0.2) is 4.99 Å². The zero-order chi connectivity index (χ0) is 16.3. The highest BCUT2D eigenvalue weighted by Crippen LogP contribution is 2.19. The Kier molecular flexibility index (Phi) is 4.36. The number of aromatic hydroxyl groups is 1. The molecule has 7 nitrogen and oxygen atoms in total. The number of phenols is 1. The van der Waals surface area contributed by atoms with Gasteiger partial charge in [0.1, 0.15) is 11.4 Å². The molecular weight excluding hydrogens is 284 g/mol. The van der Waals surface area contributed by atoms with E-state index in [0.717, 1.165) is 0 Å². The van der Waals surface area contributed by atoms with E-state index in [9.17, 15) is 14.7 Å². The zero-order valence-corrected chi connectivity index (χ0v) is 12.0. The molecule has 0 atom stereocenters. The maximum atomic E-state index is 12.1. The number of phenolic OH excluding ortho intramolecular Hbond substituents is 1. The minimum Gasteiger partial charge on any atom is -0.508 e. The number of nitrogens with two attached hydrogens (primary N) is 1. The molecule has 0 aliphatic carbocycles. The number of nitrogens with one attached hydrogen (secondary N) is 1. The third-order valence-electron chi connectivity index (χ3n) is 3.16. The fourth-order valence-electron chi connectivity index (χ4n) is 1.96. The van der Waals surface area contributed by atoms with Gasteiger partial charge in [0.05, 0.1) is 5.71 Å². The van der Waals surface area contributed by atoms with Gasteiger partial charge < -0.3 is 16.2 Å². The average molecular weight is 300 g/mol. The summed E-state index contributed by atoms with van der Waals surface area (Å²) in [4.78, 5) is 28.3. The topological polar surface area (TPSA) is 120 Å². The molecule has 4 N–H and O–H groups in total. The Labute approximate surface area is 127 Å². The molecule has 1 heterocycles. The van der Waals surface area contributed by atoms with Gasteiger partial charge in [0.15, 0.2) is 5.84 Å². The van der Waals surface area contributed by atoms with Crippen molar-refractivity contribution in [3.8, 4) is 5.75 Å². The predicted molar refractivity (Wildman–Crippen MR) is 82.4 cm³/mol. The van der Waals surface area contributed by atoms with Crippen molar-refractivity contribution >= 4 is 29.4 Å². The molecule has 114 valence electrons. The van der Waals surface area contributed by atoms with Crippen LogP contribution in [0.15, 0.2) is 35.0 Å². The molecule has 0 fully saturated rings. The van der Waals surface area contributed by atoms with Gasteiger partial charge in [-0.2, -0.15) is 0 Å². The fraction of sp³-hybridized carbons (Fsp3) is 0.200. The molecule has 0 saturated heterocycles. The summed E-state index contributed by atoms with van der Waals surface area (Å²) in [7, 11) is 1.53. The maximum absolute atomic E-state index is 12.1. The Balaban J connectivity index is 2.22. The third-order valence-corrected chi connectivity index (χ3v) is 3.16. The summed E-state index contributed by atoms with van der Waals surface area (Å²) in [5.74, 6) is -0.477. The summed E-state index contributed by atoms with van der Waals surface area (Å²) in [5, 5.41) is 17.1. The number of amides is 2. The number of rotatable bonds is 5. The summed E-state index contributed by atoms with van der Waals surface area (Å²) in [6.45, 7) is 0. The largest absolute Gasteiger partial charge is 0.508 e. The second-order valence-corrected chi connectivity index (χ2v) is 4.87. The van der Waals surface area contributed by atoms with Crippen LogP contribution in [0, 0.1) is 5.41 Å². The van der Waals surface area contributed by atoms with Gasteiger partial charge in [-0.3, -0.25) is 14.5 Å². The molecule has 0 aromatic heterocycles.